The predicted octanol–water partition coefficient (Wildman–Crippen LogP) is 13.4. The van der Waals surface area contributed by atoms with Crippen LogP contribution in [0.15, 0.2) is 182 Å². The molecule has 9 aromatic rings. The molecule has 0 N–H and O–H groups in total. The summed E-state index contributed by atoms with van der Waals surface area (Å²) in [6, 6.07) is 65.3. The summed E-state index contributed by atoms with van der Waals surface area (Å²) < 4.78 is 0. The van der Waals surface area contributed by atoms with Crippen molar-refractivity contribution >= 4 is 21.5 Å². The Kier molecular flexibility index (Phi) is 7.19. The van der Waals surface area contributed by atoms with Gasteiger partial charge in [0.1, 0.15) is 0 Å². The molecule has 0 saturated heterocycles. The van der Waals surface area contributed by atoms with E-state index in [0.717, 1.165) is 39.2 Å². The summed E-state index contributed by atoms with van der Waals surface area (Å²) in [6.07, 6.45) is 0. The lowest BCUT2D eigenvalue weighted by atomic mass is 9.81. The molecule has 1 aliphatic rings. The van der Waals surface area contributed by atoms with Crippen molar-refractivity contribution in [2.24, 2.45) is 0 Å². The van der Waals surface area contributed by atoms with Crippen LogP contribution in [-0.2, 0) is 5.41 Å². The van der Waals surface area contributed by atoms with Gasteiger partial charge in [0.05, 0.1) is 11.4 Å². The molecule has 0 bridgehead atoms. The van der Waals surface area contributed by atoms with Crippen molar-refractivity contribution in [3.8, 4) is 67.3 Å². The zero-order valence-corrected chi connectivity index (χ0v) is 29.7. The SMILES string of the molecule is CC1(C)c2cc3ccccc3cc2-c2c(-c3ccc(-c4cc(-c5ccccc5-c5ccccc5)nc(-c5ccccc5)n4)c4ccccc34)cccc21. The Labute approximate surface area is 310 Å². The smallest absolute Gasteiger partial charge is 0.160 e. The van der Waals surface area contributed by atoms with Gasteiger partial charge >= 0.3 is 0 Å². The lowest BCUT2D eigenvalue weighted by Crippen LogP contribution is -2.14. The molecule has 0 atom stereocenters. The molecule has 1 aliphatic carbocycles. The third-order valence-corrected chi connectivity index (χ3v) is 11.1. The van der Waals surface area contributed by atoms with Crippen molar-refractivity contribution in [2.75, 3.05) is 0 Å². The predicted molar refractivity (Wildman–Crippen MR) is 222 cm³/mol. The minimum atomic E-state index is -0.109. The van der Waals surface area contributed by atoms with Crippen LogP contribution in [0.3, 0.4) is 0 Å². The van der Waals surface area contributed by atoms with Crippen molar-refractivity contribution in [3.63, 3.8) is 0 Å². The average Bonchev–Trinajstić information content (AvgIpc) is 3.45. The summed E-state index contributed by atoms with van der Waals surface area (Å²) in [5, 5.41) is 4.93. The molecule has 0 radical (unpaired) electrons. The van der Waals surface area contributed by atoms with Crippen LogP contribution in [0.2, 0.25) is 0 Å². The number of hydrogen-bond donors (Lipinski definition) is 0. The second-order valence-electron chi connectivity index (χ2n) is 14.5. The van der Waals surface area contributed by atoms with E-state index < -0.39 is 0 Å². The number of fused-ring (bicyclic) bond motifs is 5. The molecule has 2 nitrogen and oxygen atoms in total. The maximum atomic E-state index is 5.28. The van der Waals surface area contributed by atoms with Crippen LogP contribution in [0.1, 0.15) is 25.0 Å². The van der Waals surface area contributed by atoms with Gasteiger partial charge in [0.2, 0.25) is 0 Å². The number of benzene rings is 8. The molecule has 250 valence electrons. The van der Waals surface area contributed by atoms with Gasteiger partial charge in [-0.2, -0.15) is 0 Å². The van der Waals surface area contributed by atoms with Crippen LogP contribution in [0, 0.1) is 0 Å². The zero-order valence-electron chi connectivity index (χ0n) is 29.7. The molecule has 0 amide bonds. The molecular formula is C51H36N2. The van der Waals surface area contributed by atoms with Crippen LogP contribution in [-0.4, -0.2) is 9.97 Å². The van der Waals surface area contributed by atoms with Crippen LogP contribution in [0.4, 0.5) is 0 Å². The third-order valence-electron chi connectivity index (χ3n) is 11.1. The second kappa shape index (κ2) is 12.3. The third kappa shape index (κ3) is 5.10. The summed E-state index contributed by atoms with van der Waals surface area (Å²) in [6.45, 7) is 4.73. The van der Waals surface area contributed by atoms with E-state index in [1.807, 2.05) is 18.2 Å². The first-order valence-electron chi connectivity index (χ1n) is 18.3. The van der Waals surface area contributed by atoms with Gasteiger partial charge in [-0.3, -0.25) is 0 Å². The van der Waals surface area contributed by atoms with Gasteiger partial charge < -0.3 is 0 Å². The van der Waals surface area contributed by atoms with E-state index in [9.17, 15) is 0 Å². The molecule has 8 aromatic carbocycles. The minimum Gasteiger partial charge on any atom is -0.228 e. The Morgan fingerprint density at radius 1 is 0.358 bits per heavy atom. The van der Waals surface area contributed by atoms with Gasteiger partial charge in [0, 0.05) is 22.1 Å². The number of aromatic nitrogens is 2. The highest BCUT2D eigenvalue weighted by Gasteiger charge is 2.37. The van der Waals surface area contributed by atoms with Gasteiger partial charge in [-0.1, -0.05) is 178 Å². The Morgan fingerprint density at radius 2 is 0.906 bits per heavy atom. The van der Waals surface area contributed by atoms with Crippen LogP contribution in [0.5, 0.6) is 0 Å². The van der Waals surface area contributed by atoms with E-state index in [1.165, 1.54) is 54.9 Å². The molecule has 0 spiro atoms. The highest BCUT2D eigenvalue weighted by molar-refractivity contribution is 6.08. The number of nitrogens with zero attached hydrogens (tertiary/aromatic N) is 2. The van der Waals surface area contributed by atoms with Crippen molar-refractivity contribution < 1.29 is 0 Å². The molecule has 1 aromatic heterocycles. The first-order valence-corrected chi connectivity index (χ1v) is 18.3. The Bertz CT molecular complexity index is 2850. The molecule has 0 unspecified atom stereocenters. The highest BCUT2D eigenvalue weighted by atomic mass is 14.9. The largest absolute Gasteiger partial charge is 0.228 e. The zero-order chi connectivity index (χ0) is 35.5. The van der Waals surface area contributed by atoms with Gasteiger partial charge in [-0.05, 0) is 84.3 Å². The van der Waals surface area contributed by atoms with Gasteiger partial charge in [0.15, 0.2) is 5.82 Å². The lowest BCUT2D eigenvalue weighted by molar-refractivity contribution is 0.661. The maximum Gasteiger partial charge on any atom is 0.160 e. The monoisotopic (exact) mass is 676 g/mol. The molecule has 2 heteroatoms. The number of rotatable bonds is 5. The van der Waals surface area contributed by atoms with E-state index in [2.05, 4.69) is 178 Å². The lowest BCUT2D eigenvalue weighted by Gasteiger charge is -2.22. The quantitative estimate of drug-likeness (QED) is 0.181. The van der Waals surface area contributed by atoms with Crippen LogP contribution in [0.25, 0.3) is 88.8 Å². The van der Waals surface area contributed by atoms with Gasteiger partial charge in [-0.15, -0.1) is 0 Å². The molecule has 53 heavy (non-hydrogen) atoms. The van der Waals surface area contributed by atoms with E-state index >= 15 is 0 Å². The first kappa shape index (κ1) is 31.1. The Morgan fingerprint density at radius 3 is 1.64 bits per heavy atom. The standard InChI is InChI=1S/C51H36N2/c1-51(2)45-27-15-26-43(49(45)44-30-35-20-9-10-21-36(35)31-46(44)51)40-28-29-42(39-24-13-12-23-38(39)40)48-32-47(52-50(53-48)34-18-7-4-8-19-34)41-25-14-11-22-37(41)33-16-5-3-6-17-33/h3-32H,1-2H3. The van der Waals surface area contributed by atoms with Gasteiger partial charge in [-0.25, -0.2) is 9.97 Å². The fraction of sp³-hybridized carbons (Fsp3) is 0.0588. The van der Waals surface area contributed by atoms with E-state index in [0.29, 0.717) is 5.82 Å². The summed E-state index contributed by atoms with van der Waals surface area (Å²) >= 11 is 0. The summed E-state index contributed by atoms with van der Waals surface area (Å²) in [4.78, 5) is 10.5. The Balaban J connectivity index is 1.19. The van der Waals surface area contributed by atoms with Crippen molar-refractivity contribution in [2.45, 2.75) is 19.3 Å². The molecule has 10 rings (SSSR count). The Hall–Kier alpha value is -6.64. The number of hydrogen-bond acceptors (Lipinski definition) is 2. The first-order chi connectivity index (χ1) is 26.0. The summed E-state index contributed by atoms with van der Waals surface area (Å²) in [5.41, 5.74) is 15.1. The summed E-state index contributed by atoms with van der Waals surface area (Å²) in [5.74, 6) is 0.709. The van der Waals surface area contributed by atoms with E-state index in [-0.39, 0.29) is 5.41 Å². The maximum absolute atomic E-state index is 5.28. The van der Waals surface area contributed by atoms with E-state index in [1.54, 1.807) is 0 Å². The van der Waals surface area contributed by atoms with E-state index in [4.69, 9.17) is 9.97 Å². The van der Waals surface area contributed by atoms with Crippen molar-refractivity contribution in [1.82, 2.24) is 9.97 Å². The molecule has 0 fully saturated rings. The second-order valence-corrected chi connectivity index (χ2v) is 14.5. The fourth-order valence-corrected chi connectivity index (χ4v) is 8.47. The van der Waals surface area contributed by atoms with Gasteiger partial charge in [0.25, 0.3) is 0 Å². The highest BCUT2D eigenvalue weighted by Crippen LogP contribution is 2.54. The molecular weight excluding hydrogens is 641 g/mol. The van der Waals surface area contributed by atoms with Crippen LogP contribution < -0.4 is 0 Å². The molecule has 1 heterocycles. The minimum absolute atomic E-state index is 0.109. The fourth-order valence-electron chi connectivity index (χ4n) is 8.47. The summed E-state index contributed by atoms with van der Waals surface area (Å²) in [7, 11) is 0. The van der Waals surface area contributed by atoms with Crippen molar-refractivity contribution in [1.29, 1.82) is 0 Å². The average molecular weight is 677 g/mol. The topological polar surface area (TPSA) is 25.8 Å². The van der Waals surface area contributed by atoms with Crippen LogP contribution >= 0.6 is 0 Å². The molecule has 0 aliphatic heterocycles. The van der Waals surface area contributed by atoms with Crippen molar-refractivity contribution in [3.05, 3.63) is 193 Å². The molecule has 0 saturated carbocycles. The normalized spacial score (nSPS) is 12.9.